The minimum Gasteiger partial charge on any atom is -0.466 e. The summed E-state index contributed by atoms with van der Waals surface area (Å²) in [6.07, 6.45) is 3.68. The van der Waals surface area contributed by atoms with E-state index in [0.29, 0.717) is 29.6 Å². The van der Waals surface area contributed by atoms with Crippen LogP contribution in [0, 0.1) is 5.82 Å². The Balaban J connectivity index is 1.42. The topological polar surface area (TPSA) is 70.1 Å². The number of aromatic nitrogens is 5. The molecule has 6 rings (SSSR count). The maximum atomic E-state index is 13.6. The minimum atomic E-state index is -0.336. The van der Waals surface area contributed by atoms with Crippen LogP contribution in [0.3, 0.4) is 0 Å². The van der Waals surface area contributed by atoms with Crippen LogP contribution in [0.15, 0.2) is 60.0 Å². The lowest BCUT2D eigenvalue weighted by atomic mass is 10.1. The summed E-state index contributed by atoms with van der Waals surface area (Å²) in [5.74, 6) is 0.158. The highest BCUT2D eigenvalue weighted by Gasteiger charge is 2.30. The average molecular weight is 421 g/mol. The molecule has 0 saturated heterocycles. The number of hydrogen-bond donors (Lipinski definition) is 0. The molecule has 0 amide bonds. The van der Waals surface area contributed by atoms with Crippen molar-refractivity contribution in [3.63, 3.8) is 0 Å². The Bertz CT molecular complexity index is 1330. The van der Waals surface area contributed by atoms with Gasteiger partial charge in [-0.05, 0) is 35.9 Å². The van der Waals surface area contributed by atoms with Gasteiger partial charge < -0.3 is 4.74 Å². The number of halogens is 2. The smallest absolute Gasteiger partial charge is 0.238 e. The van der Waals surface area contributed by atoms with Gasteiger partial charge >= 0.3 is 0 Å². The predicted molar refractivity (Wildman–Crippen MR) is 108 cm³/mol. The summed E-state index contributed by atoms with van der Waals surface area (Å²) in [6, 6.07) is 12.0. The van der Waals surface area contributed by atoms with E-state index in [1.54, 1.807) is 23.3 Å². The van der Waals surface area contributed by atoms with Crippen molar-refractivity contribution >= 4 is 17.5 Å². The van der Waals surface area contributed by atoms with Crippen LogP contribution < -0.4 is 0 Å². The Morgan fingerprint density at radius 3 is 2.97 bits per heavy atom. The molecule has 0 radical (unpaired) electrons. The summed E-state index contributed by atoms with van der Waals surface area (Å²) in [6.45, 7) is 0.413. The number of ether oxygens (including phenoxy) is 1. The molecule has 9 heteroatoms. The first-order valence-electron chi connectivity index (χ1n) is 9.40. The fraction of sp³-hybridized carbons (Fsp3) is 0.143. The fourth-order valence-corrected chi connectivity index (χ4v) is 4.10. The molecule has 4 heterocycles. The average Bonchev–Trinajstić information content (AvgIpc) is 3.47. The summed E-state index contributed by atoms with van der Waals surface area (Å²) in [5, 5.41) is 8.90. The molecule has 0 fully saturated rings. The fourth-order valence-electron chi connectivity index (χ4n) is 3.94. The van der Waals surface area contributed by atoms with E-state index in [0.717, 1.165) is 28.3 Å². The van der Waals surface area contributed by atoms with Crippen LogP contribution in [0.2, 0.25) is 5.02 Å². The van der Waals surface area contributed by atoms with Crippen LogP contribution in [0.5, 0.6) is 0 Å². The lowest BCUT2D eigenvalue weighted by Gasteiger charge is -2.12. The molecule has 148 valence electrons. The van der Waals surface area contributed by atoms with Crippen molar-refractivity contribution in [1.29, 1.82) is 0 Å². The molecule has 30 heavy (non-hydrogen) atoms. The van der Waals surface area contributed by atoms with Gasteiger partial charge in [-0.2, -0.15) is 0 Å². The quantitative estimate of drug-likeness (QED) is 0.437. The van der Waals surface area contributed by atoms with Crippen molar-refractivity contribution in [2.24, 2.45) is 4.99 Å². The highest BCUT2D eigenvalue weighted by molar-refractivity contribution is 6.30. The van der Waals surface area contributed by atoms with Gasteiger partial charge in [0, 0.05) is 11.4 Å². The van der Waals surface area contributed by atoms with Gasteiger partial charge in [0.05, 0.1) is 35.5 Å². The molecule has 1 atom stereocenters. The molecule has 0 spiro atoms. The second-order valence-corrected chi connectivity index (χ2v) is 7.60. The summed E-state index contributed by atoms with van der Waals surface area (Å²) in [5.41, 5.74) is 4.94. The Hall–Kier alpha value is -3.52. The third kappa shape index (κ3) is 2.64. The van der Waals surface area contributed by atoms with Crippen LogP contribution in [-0.2, 0) is 11.2 Å². The van der Waals surface area contributed by atoms with E-state index < -0.39 is 0 Å². The molecule has 2 aromatic carbocycles. The monoisotopic (exact) mass is 420 g/mol. The van der Waals surface area contributed by atoms with Crippen molar-refractivity contribution in [3.8, 4) is 11.4 Å². The first-order valence-corrected chi connectivity index (χ1v) is 9.78. The van der Waals surface area contributed by atoms with Gasteiger partial charge in [-0.3, -0.25) is 4.57 Å². The summed E-state index contributed by atoms with van der Waals surface area (Å²) in [7, 11) is 0. The first-order chi connectivity index (χ1) is 14.7. The first kappa shape index (κ1) is 17.3. The maximum absolute atomic E-state index is 13.6. The molecule has 2 aromatic heterocycles. The van der Waals surface area contributed by atoms with Crippen molar-refractivity contribution in [3.05, 3.63) is 88.5 Å². The molecule has 0 bridgehead atoms. The number of fused-ring (bicyclic) bond motifs is 5. The maximum Gasteiger partial charge on any atom is 0.238 e. The van der Waals surface area contributed by atoms with Gasteiger partial charge in [-0.25, -0.2) is 19.0 Å². The summed E-state index contributed by atoms with van der Waals surface area (Å²) in [4.78, 5) is 9.15. The Morgan fingerprint density at radius 1 is 1.13 bits per heavy atom. The molecule has 2 aliphatic rings. The van der Waals surface area contributed by atoms with E-state index in [9.17, 15) is 4.39 Å². The molecule has 0 N–H and O–H groups in total. The highest BCUT2D eigenvalue weighted by atomic mass is 35.5. The second-order valence-electron chi connectivity index (χ2n) is 7.16. The van der Waals surface area contributed by atoms with Crippen LogP contribution >= 0.6 is 11.6 Å². The highest BCUT2D eigenvalue weighted by Crippen LogP contribution is 2.32. The lowest BCUT2D eigenvalue weighted by Crippen LogP contribution is -2.10. The summed E-state index contributed by atoms with van der Waals surface area (Å²) < 4.78 is 23.5. The third-order valence-electron chi connectivity index (χ3n) is 5.34. The van der Waals surface area contributed by atoms with E-state index in [4.69, 9.17) is 16.3 Å². The number of aliphatic imine (C=N–C) groups is 1. The zero-order chi connectivity index (χ0) is 20.2. The summed E-state index contributed by atoms with van der Waals surface area (Å²) >= 11 is 6.23. The number of benzene rings is 2. The van der Waals surface area contributed by atoms with Crippen LogP contribution in [0.1, 0.15) is 28.7 Å². The van der Waals surface area contributed by atoms with Crippen LogP contribution in [-0.4, -0.2) is 37.0 Å². The molecular weight excluding hydrogens is 407 g/mol. The molecule has 2 aliphatic heterocycles. The Kier molecular flexibility index (Phi) is 3.76. The van der Waals surface area contributed by atoms with E-state index in [2.05, 4.69) is 20.3 Å². The minimum absolute atomic E-state index is 0.295. The zero-order valence-electron chi connectivity index (χ0n) is 15.5. The molecule has 4 aromatic rings. The standard InChI is InChI=1S/C21H14ClFN6O/c22-13-4-5-16-17(7-13)29-15(9-26-27-29)8-18-20(25-11-28(16)18)21-24-10-19(30-21)12-2-1-3-14(23)6-12/h1-7,9,11,19H,8,10H2/t19-/m0/s1. The zero-order valence-corrected chi connectivity index (χ0v) is 16.3. The van der Waals surface area contributed by atoms with Crippen molar-refractivity contribution in [2.75, 3.05) is 6.54 Å². The SMILES string of the molecule is Fc1cccc([C@@H]2CN=C(c3ncn4c3Cc3cnnn3-c3cc(Cl)ccc3-4)O2)c1. The van der Waals surface area contributed by atoms with Gasteiger partial charge in [-0.1, -0.05) is 28.9 Å². The number of rotatable bonds is 2. The molecule has 0 saturated carbocycles. The molecule has 7 nitrogen and oxygen atoms in total. The Labute approximate surface area is 175 Å². The van der Waals surface area contributed by atoms with Gasteiger partial charge in [0.1, 0.15) is 23.9 Å². The van der Waals surface area contributed by atoms with E-state index in [1.165, 1.54) is 12.1 Å². The second kappa shape index (κ2) is 6.50. The van der Waals surface area contributed by atoms with Gasteiger partial charge in [0.25, 0.3) is 0 Å². The normalized spacial score (nSPS) is 16.9. The number of hydrogen-bond acceptors (Lipinski definition) is 5. The van der Waals surface area contributed by atoms with Crippen LogP contribution in [0.25, 0.3) is 11.4 Å². The van der Waals surface area contributed by atoms with E-state index in [-0.39, 0.29) is 11.9 Å². The molecular formula is C21H14ClFN6O. The third-order valence-corrected chi connectivity index (χ3v) is 5.57. The van der Waals surface area contributed by atoms with Crippen molar-refractivity contribution in [2.45, 2.75) is 12.5 Å². The van der Waals surface area contributed by atoms with Gasteiger partial charge in [-0.15, -0.1) is 5.10 Å². The number of nitrogens with zero attached hydrogens (tertiary/aromatic N) is 6. The van der Waals surface area contributed by atoms with E-state index >= 15 is 0 Å². The largest absolute Gasteiger partial charge is 0.466 e. The van der Waals surface area contributed by atoms with Crippen molar-refractivity contribution < 1.29 is 9.13 Å². The van der Waals surface area contributed by atoms with E-state index in [1.807, 2.05) is 28.8 Å². The van der Waals surface area contributed by atoms with Crippen molar-refractivity contribution in [1.82, 2.24) is 24.5 Å². The Morgan fingerprint density at radius 2 is 2.07 bits per heavy atom. The lowest BCUT2D eigenvalue weighted by molar-refractivity contribution is 0.229. The predicted octanol–water partition coefficient (Wildman–Crippen LogP) is 3.67. The van der Waals surface area contributed by atoms with Gasteiger partial charge in [0.2, 0.25) is 5.90 Å². The molecule has 0 unspecified atom stereocenters. The van der Waals surface area contributed by atoms with Gasteiger partial charge in [0.15, 0.2) is 0 Å². The number of imidazole rings is 1. The molecule has 0 aliphatic carbocycles. The van der Waals surface area contributed by atoms with Crippen LogP contribution in [0.4, 0.5) is 4.39 Å².